The minimum Gasteiger partial charge on any atom is -0.456 e. The average Bonchev–Trinajstić information content (AvgIpc) is 3.69. The van der Waals surface area contributed by atoms with E-state index in [9.17, 15) is 0 Å². The Morgan fingerprint density at radius 3 is 1.48 bits per heavy atom. The van der Waals surface area contributed by atoms with Crippen LogP contribution < -0.4 is 0 Å². The maximum Gasteiger partial charge on any atom is 0.143 e. The van der Waals surface area contributed by atoms with Gasteiger partial charge in [-0.15, -0.1) is 0 Å². The third-order valence-corrected chi connectivity index (χ3v) is 10.2. The van der Waals surface area contributed by atoms with Gasteiger partial charge in [-0.2, -0.15) is 0 Å². The third kappa shape index (κ3) is 3.57. The van der Waals surface area contributed by atoms with Crippen molar-refractivity contribution in [2.24, 2.45) is 0 Å². The SMILES string of the molecule is c1ccc2cc(-c3c4ccccc4c(-c4ccc5oc6cc7c(cc6c5c4)oc4c5ccccc5ccc74)c4ccccc34)ccc2c1. The molecule has 2 nitrogen and oxygen atoms in total. The van der Waals surface area contributed by atoms with E-state index in [-0.39, 0.29) is 0 Å². The van der Waals surface area contributed by atoms with E-state index in [4.69, 9.17) is 8.83 Å². The predicted molar refractivity (Wildman–Crippen MR) is 202 cm³/mol. The zero-order valence-electron chi connectivity index (χ0n) is 25.8. The molecule has 2 heteroatoms. The van der Waals surface area contributed by atoms with E-state index in [0.29, 0.717) is 0 Å². The van der Waals surface area contributed by atoms with Crippen molar-refractivity contribution in [3.8, 4) is 22.3 Å². The molecular weight excluding hydrogens is 585 g/mol. The van der Waals surface area contributed by atoms with E-state index < -0.39 is 0 Å². The smallest absolute Gasteiger partial charge is 0.143 e. The molecule has 0 atom stereocenters. The molecule has 0 fully saturated rings. The number of hydrogen-bond acceptors (Lipinski definition) is 2. The average molecular weight is 611 g/mol. The first-order chi connectivity index (χ1) is 23.8. The van der Waals surface area contributed by atoms with Crippen LogP contribution in [0.4, 0.5) is 0 Å². The predicted octanol–water partition coefficient (Wildman–Crippen LogP) is 13.4. The summed E-state index contributed by atoms with van der Waals surface area (Å²) in [5.41, 5.74) is 8.43. The second-order valence-electron chi connectivity index (χ2n) is 12.8. The van der Waals surface area contributed by atoms with Crippen LogP contribution in [-0.4, -0.2) is 0 Å². The second kappa shape index (κ2) is 9.57. The summed E-state index contributed by atoms with van der Waals surface area (Å²) in [5.74, 6) is 0. The standard InChI is InChI=1S/C46H26O2/c1-2-11-29-23-30(18-17-27(29)9-1)44-33-13-5-7-15-35(33)45(36-16-8-6-14-34(36)44)31-20-22-41-38(24-31)40-26-43-39(25-42(40)47-41)37-21-19-28-10-3-4-12-32(28)46(37)48-43/h1-26H. The fourth-order valence-electron chi connectivity index (χ4n) is 8.02. The Bertz CT molecular complexity index is 3060. The van der Waals surface area contributed by atoms with Crippen molar-refractivity contribution < 1.29 is 8.83 Å². The molecule has 0 saturated carbocycles. The van der Waals surface area contributed by atoms with Crippen molar-refractivity contribution in [2.45, 2.75) is 0 Å². The lowest BCUT2D eigenvalue weighted by molar-refractivity contribution is 0.665. The van der Waals surface area contributed by atoms with Crippen LogP contribution in [0.5, 0.6) is 0 Å². The second-order valence-corrected chi connectivity index (χ2v) is 12.8. The Hall–Kier alpha value is -6.38. The molecule has 9 aromatic carbocycles. The zero-order valence-corrected chi connectivity index (χ0v) is 25.8. The zero-order chi connectivity index (χ0) is 31.3. The highest BCUT2D eigenvalue weighted by Crippen LogP contribution is 2.46. The Kier molecular flexibility index (Phi) is 5.14. The largest absolute Gasteiger partial charge is 0.456 e. The van der Waals surface area contributed by atoms with Crippen LogP contribution in [0.1, 0.15) is 0 Å². The molecule has 0 aliphatic heterocycles. The first kappa shape index (κ1) is 25.8. The van der Waals surface area contributed by atoms with Gasteiger partial charge in [0.25, 0.3) is 0 Å². The summed E-state index contributed by atoms with van der Waals surface area (Å²) in [6.07, 6.45) is 0. The summed E-state index contributed by atoms with van der Waals surface area (Å²) in [5, 5.41) is 14.1. The summed E-state index contributed by atoms with van der Waals surface area (Å²) in [6.45, 7) is 0. The molecule has 0 unspecified atom stereocenters. The first-order valence-corrected chi connectivity index (χ1v) is 16.4. The van der Waals surface area contributed by atoms with Crippen LogP contribution in [0.15, 0.2) is 167 Å². The Labute approximate surface area is 275 Å². The number of rotatable bonds is 2. The Balaban J connectivity index is 1.17. The van der Waals surface area contributed by atoms with Crippen molar-refractivity contribution in [3.05, 3.63) is 158 Å². The molecule has 2 heterocycles. The van der Waals surface area contributed by atoms with Gasteiger partial charge in [-0.3, -0.25) is 0 Å². The van der Waals surface area contributed by atoms with Gasteiger partial charge < -0.3 is 8.83 Å². The maximum absolute atomic E-state index is 6.56. The number of benzene rings is 9. The fourth-order valence-corrected chi connectivity index (χ4v) is 8.02. The highest BCUT2D eigenvalue weighted by atomic mass is 16.3. The summed E-state index contributed by atoms with van der Waals surface area (Å²) < 4.78 is 13.1. The Morgan fingerprint density at radius 1 is 0.271 bits per heavy atom. The van der Waals surface area contributed by atoms with Gasteiger partial charge in [-0.25, -0.2) is 0 Å². The van der Waals surface area contributed by atoms with E-state index in [0.717, 1.165) is 49.3 Å². The molecule has 0 aliphatic rings. The van der Waals surface area contributed by atoms with Crippen molar-refractivity contribution in [2.75, 3.05) is 0 Å². The van der Waals surface area contributed by atoms with Gasteiger partial charge >= 0.3 is 0 Å². The summed E-state index contributed by atoms with van der Waals surface area (Å²) in [6, 6.07) is 56.8. The van der Waals surface area contributed by atoms with Crippen LogP contribution in [-0.2, 0) is 0 Å². The molecule has 0 spiro atoms. The third-order valence-electron chi connectivity index (χ3n) is 10.2. The minimum atomic E-state index is 0.867. The van der Waals surface area contributed by atoms with Crippen LogP contribution in [0.3, 0.4) is 0 Å². The molecule has 222 valence electrons. The molecule has 0 bridgehead atoms. The van der Waals surface area contributed by atoms with Crippen molar-refractivity contribution in [1.29, 1.82) is 0 Å². The highest BCUT2D eigenvalue weighted by Gasteiger charge is 2.19. The summed E-state index contributed by atoms with van der Waals surface area (Å²) in [4.78, 5) is 0. The van der Waals surface area contributed by atoms with E-state index in [1.165, 1.54) is 60.0 Å². The molecule has 2 aromatic heterocycles. The summed E-state index contributed by atoms with van der Waals surface area (Å²) >= 11 is 0. The van der Waals surface area contributed by atoms with E-state index in [2.05, 4.69) is 158 Å². The minimum absolute atomic E-state index is 0.867. The van der Waals surface area contributed by atoms with Gasteiger partial charge in [0.05, 0.1) is 0 Å². The molecule has 0 amide bonds. The highest BCUT2D eigenvalue weighted by molar-refractivity contribution is 6.23. The molecule has 0 saturated heterocycles. The van der Waals surface area contributed by atoms with Crippen molar-refractivity contribution in [1.82, 2.24) is 0 Å². The normalized spacial score (nSPS) is 12.2. The molecule has 0 aliphatic carbocycles. The lowest BCUT2D eigenvalue weighted by Crippen LogP contribution is -1.91. The number of fused-ring (bicyclic) bond motifs is 11. The molecular formula is C46H26O2. The number of furan rings is 2. The van der Waals surface area contributed by atoms with Gasteiger partial charge in [0.15, 0.2) is 0 Å². The van der Waals surface area contributed by atoms with E-state index in [1.807, 2.05) is 0 Å². The molecule has 11 rings (SSSR count). The van der Waals surface area contributed by atoms with Crippen LogP contribution in [0, 0.1) is 0 Å². The first-order valence-electron chi connectivity index (χ1n) is 16.4. The van der Waals surface area contributed by atoms with Crippen LogP contribution >= 0.6 is 0 Å². The van der Waals surface area contributed by atoms with E-state index >= 15 is 0 Å². The summed E-state index contributed by atoms with van der Waals surface area (Å²) in [7, 11) is 0. The lowest BCUT2D eigenvalue weighted by atomic mass is 9.85. The fraction of sp³-hybridized carbons (Fsp3) is 0. The quantitative estimate of drug-likeness (QED) is 0.182. The van der Waals surface area contributed by atoms with Gasteiger partial charge in [0, 0.05) is 26.9 Å². The topological polar surface area (TPSA) is 26.3 Å². The van der Waals surface area contributed by atoms with Gasteiger partial charge in [-0.1, -0.05) is 121 Å². The van der Waals surface area contributed by atoms with Crippen molar-refractivity contribution >= 4 is 87.0 Å². The van der Waals surface area contributed by atoms with E-state index in [1.54, 1.807) is 0 Å². The van der Waals surface area contributed by atoms with Crippen LogP contribution in [0.25, 0.3) is 109 Å². The monoisotopic (exact) mass is 610 g/mol. The van der Waals surface area contributed by atoms with Gasteiger partial charge in [0.1, 0.15) is 22.3 Å². The van der Waals surface area contributed by atoms with Gasteiger partial charge in [-0.05, 0) is 96.4 Å². The Morgan fingerprint density at radius 2 is 0.771 bits per heavy atom. The van der Waals surface area contributed by atoms with Crippen LogP contribution in [0.2, 0.25) is 0 Å². The maximum atomic E-state index is 6.56. The molecule has 0 radical (unpaired) electrons. The molecule has 11 aromatic rings. The molecule has 48 heavy (non-hydrogen) atoms. The van der Waals surface area contributed by atoms with Crippen molar-refractivity contribution in [3.63, 3.8) is 0 Å². The molecule has 0 N–H and O–H groups in total. The lowest BCUT2D eigenvalue weighted by Gasteiger charge is -2.18. The van der Waals surface area contributed by atoms with Gasteiger partial charge in [0.2, 0.25) is 0 Å². The number of hydrogen-bond donors (Lipinski definition) is 0.